The first-order valence-electron chi connectivity index (χ1n) is 7.68. The molecule has 7 heteroatoms. The molecule has 3 heterocycles. The van der Waals surface area contributed by atoms with Crippen molar-refractivity contribution in [2.45, 2.75) is 25.7 Å². The summed E-state index contributed by atoms with van der Waals surface area (Å²) in [4.78, 5) is 13.8. The fourth-order valence-corrected chi connectivity index (χ4v) is 4.56. The third kappa shape index (κ3) is 2.37. The molecule has 0 aromatic carbocycles. The van der Waals surface area contributed by atoms with Gasteiger partial charge in [0.1, 0.15) is 11.1 Å². The van der Waals surface area contributed by atoms with E-state index in [0.717, 1.165) is 31.2 Å². The second kappa shape index (κ2) is 5.93. The summed E-state index contributed by atoms with van der Waals surface area (Å²) in [5.41, 5.74) is 2.52. The third-order valence-corrected chi connectivity index (χ3v) is 5.78. The van der Waals surface area contributed by atoms with Crippen molar-refractivity contribution in [1.29, 1.82) is 5.26 Å². The number of pyridine rings is 1. The van der Waals surface area contributed by atoms with E-state index in [-0.39, 0.29) is 5.69 Å². The largest absolute Gasteiger partial charge is 0.311 e. The number of hydrogen-bond acceptors (Lipinski definition) is 4. The van der Waals surface area contributed by atoms with Crippen LogP contribution < -0.4 is 5.32 Å². The molecule has 24 heavy (non-hydrogen) atoms. The van der Waals surface area contributed by atoms with Gasteiger partial charge in [0.05, 0.1) is 16.1 Å². The highest BCUT2D eigenvalue weighted by Gasteiger charge is 2.24. The summed E-state index contributed by atoms with van der Waals surface area (Å²) < 4.78 is 1.57. The topological polar surface area (TPSA) is 70.2 Å². The molecule has 0 spiro atoms. The Hall–Kier alpha value is -2.36. The SMILES string of the molecule is N#Cc1c(NC(=O)c2nn3ccccc3c2Cl)sc2c1CCCC2. The Labute approximate surface area is 147 Å². The van der Waals surface area contributed by atoms with E-state index in [2.05, 4.69) is 16.5 Å². The zero-order valence-electron chi connectivity index (χ0n) is 12.7. The lowest BCUT2D eigenvalue weighted by molar-refractivity contribution is 0.102. The Morgan fingerprint density at radius 3 is 3.00 bits per heavy atom. The first-order chi connectivity index (χ1) is 11.7. The summed E-state index contributed by atoms with van der Waals surface area (Å²) in [5.74, 6) is -0.390. The number of carbonyl (C=O) groups is 1. The van der Waals surface area contributed by atoms with Crippen molar-refractivity contribution in [3.05, 3.63) is 51.1 Å². The smallest absolute Gasteiger partial charge is 0.278 e. The molecule has 1 aliphatic rings. The molecular weight excluding hydrogens is 344 g/mol. The minimum atomic E-state index is -0.390. The second-order valence-corrected chi connectivity index (χ2v) is 7.16. The standard InChI is InChI=1S/C17H13ClN4OS/c18-14-12-6-3-4-8-22(12)21-15(14)16(23)20-17-11(9-19)10-5-1-2-7-13(10)24-17/h3-4,6,8H,1-2,5,7H2,(H,20,23). The lowest BCUT2D eigenvalue weighted by atomic mass is 9.96. The number of nitrogens with zero attached hydrogens (tertiary/aromatic N) is 3. The van der Waals surface area contributed by atoms with Gasteiger partial charge in [0.25, 0.3) is 5.91 Å². The number of rotatable bonds is 2. The summed E-state index contributed by atoms with van der Waals surface area (Å²) in [5, 5.41) is 17.5. The molecule has 0 saturated heterocycles. The Morgan fingerprint density at radius 2 is 2.21 bits per heavy atom. The van der Waals surface area contributed by atoms with Gasteiger partial charge < -0.3 is 5.32 Å². The van der Waals surface area contributed by atoms with E-state index in [1.807, 2.05) is 12.1 Å². The van der Waals surface area contributed by atoms with Crippen molar-refractivity contribution >= 4 is 39.4 Å². The van der Waals surface area contributed by atoms with Gasteiger partial charge in [0.15, 0.2) is 5.69 Å². The minimum Gasteiger partial charge on any atom is -0.311 e. The number of aryl methyl sites for hydroxylation is 1. The van der Waals surface area contributed by atoms with Gasteiger partial charge in [-0.2, -0.15) is 10.4 Å². The summed E-state index contributed by atoms with van der Waals surface area (Å²) in [7, 11) is 0. The first-order valence-corrected chi connectivity index (χ1v) is 8.87. The molecule has 120 valence electrons. The molecule has 3 aromatic rings. The van der Waals surface area contributed by atoms with Gasteiger partial charge in [0.2, 0.25) is 0 Å². The zero-order valence-corrected chi connectivity index (χ0v) is 14.2. The van der Waals surface area contributed by atoms with Crippen LogP contribution in [0.2, 0.25) is 5.02 Å². The Morgan fingerprint density at radius 1 is 1.38 bits per heavy atom. The van der Waals surface area contributed by atoms with E-state index in [1.54, 1.807) is 16.8 Å². The van der Waals surface area contributed by atoms with Gasteiger partial charge in [-0.1, -0.05) is 17.7 Å². The average Bonchev–Trinajstić information content (AvgIpc) is 3.12. The van der Waals surface area contributed by atoms with Crippen LogP contribution in [-0.4, -0.2) is 15.5 Å². The number of anilines is 1. The zero-order chi connectivity index (χ0) is 16.7. The average molecular weight is 357 g/mol. The molecule has 1 amide bonds. The van der Waals surface area contributed by atoms with Crippen LogP contribution in [0.4, 0.5) is 5.00 Å². The van der Waals surface area contributed by atoms with Gasteiger partial charge in [-0.05, 0) is 43.4 Å². The lowest BCUT2D eigenvalue weighted by Crippen LogP contribution is -2.13. The lowest BCUT2D eigenvalue weighted by Gasteiger charge is -2.09. The molecule has 0 aliphatic heterocycles. The minimum absolute atomic E-state index is 0.165. The number of hydrogen-bond donors (Lipinski definition) is 1. The van der Waals surface area contributed by atoms with E-state index < -0.39 is 5.91 Å². The molecule has 3 aromatic heterocycles. The van der Waals surface area contributed by atoms with E-state index in [0.29, 0.717) is 21.1 Å². The molecule has 0 unspecified atom stereocenters. The van der Waals surface area contributed by atoms with Crippen molar-refractivity contribution in [1.82, 2.24) is 9.61 Å². The van der Waals surface area contributed by atoms with Crippen molar-refractivity contribution in [3.8, 4) is 6.07 Å². The van der Waals surface area contributed by atoms with Crippen LogP contribution in [0.1, 0.15) is 39.3 Å². The molecule has 1 aliphatic carbocycles. The second-order valence-electron chi connectivity index (χ2n) is 5.67. The molecule has 4 rings (SSSR count). The van der Waals surface area contributed by atoms with Crippen molar-refractivity contribution in [2.24, 2.45) is 0 Å². The summed E-state index contributed by atoms with van der Waals surface area (Å²) in [6.45, 7) is 0. The fraction of sp³-hybridized carbons (Fsp3) is 0.235. The Kier molecular flexibility index (Phi) is 3.75. The van der Waals surface area contributed by atoms with Crippen LogP contribution >= 0.6 is 22.9 Å². The van der Waals surface area contributed by atoms with Gasteiger partial charge in [-0.15, -0.1) is 11.3 Å². The van der Waals surface area contributed by atoms with Crippen molar-refractivity contribution in [3.63, 3.8) is 0 Å². The number of fused-ring (bicyclic) bond motifs is 2. The normalized spacial score (nSPS) is 13.5. The van der Waals surface area contributed by atoms with Crippen LogP contribution in [0.3, 0.4) is 0 Å². The first kappa shape index (κ1) is 15.2. The summed E-state index contributed by atoms with van der Waals surface area (Å²) in [6.07, 6.45) is 5.83. The molecule has 0 bridgehead atoms. The van der Waals surface area contributed by atoms with Crippen LogP contribution in [0.5, 0.6) is 0 Å². The maximum atomic E-state index is 12.6. The predicted octanol–water partition coefficient (Wildman–Crippen LogP) is 4.05. The fourth-order valence-electron chi connectivity index (χ4n) is 3.05. The maximum Gasteiger partial charge on any atom is 0.278 e. The third-order valence-electron chi connectivity index (χ3n) is 4.21. The molecule has 1 N–H and O–H groups in total. The number of aromatic nitrogens is 2. The van der Waals surface area contributed by atoms with Gasteiger partial charge in [0, 0.05) is 11.1 Å². The molecular formula is C17H13ClN4OS. The highest BCUT2D eigenvalue weighted by atomic mass is 35.5. The number of amides is 1. The van der Waals surface area contributed by atoms with Crippen LogP contribution in [0.25, 0.3) is 5.52 Å². The Balaban J connectivity index is 1.70. The van der Waals surface area contributed by atoms with Gasteiger partial charge in [-0.3, -0.25) is 4.79 Å². The van der Waals surface area contributed by atoms with E-state index in [1.165, 1.54) is 16.2 Å². The number of carbonyl (C=O) groups excluding carboxylic acids is 1. The number of halogens is 1. The highest BCUT2D eigenvalue weighted by molar-refractivity contribution is 7.16. The van der Waals surface area contributed by atoms with E-state index in [4.69, 9.17) is 11.6 Å². The highest BCUT2D eigenvalue weighted by Crippen LogP contribution is 2.38. The molecule has 0 radical (unpaired) electrons. The quantitative estimate of drug-likeness (QED) is 0.753. The predicted molar refractivity (Wildman–Crippen MR) is 93.8 cm³/mol. The van der Waals surface area contributed by atoms with E-state index in [9.17, 15) is 10.1 Å². The molecule has 0 saturated carbocycles. The van der Waals surface area contributed by atoms with Crippen molar-refractivity contribution in [2.75, 3.05) is 5.32 Å². The number of thiophene rings is 1. The Bertz CT molecular complexity index is 998. The number of nitriles is 1. The van der Waals surface area contributed by atoms with Crippen molar-refractivity contribution < 1.29 is 4.79 Å². The summed E-state index contributed by atoms with van der Waals surface area (Å²) in [6, 6.07) is 7.70. The van der Waals surface area contributed by atoms with E-state index >= 15 is 0 Å². The van der Waals surface area contributed by atoms with Gasteiger partial charge >= 0.3 is 0 Å². The maximum absolute atomic E-state index is 12.6. The molecule has 0 fully saturated rings. The number of nitrogens with one attached hydrogen (secondary N) is 1. The van der Waals surface area contributed by atoms with Crippen LogP contribution in [0.15, 0.2) is 24.4 Å². The van der Waals surface area contributed by atoms with Gasteiger partial charge in [-0.25, -0.2) is 4.52 Å². The van der Waals surface area contributed by atoms with Crippen LogP contribution in [-0.2, 0) is 12.8 Å². The molecule has 0 atom stereocenters. The monoisotopic (exact) mass is 356 g/mol. The van der Waals surface area contributed by atoms with Crippen LogP contribution in [0, 0.1) is 11.3 Å². The molecule has 5 nitrogen and oxygen atoms in total. The summed E-state index contributed by atoms with van der Waals surface area (Å²) >= 11 is 7.78.